The maximum atomic E-state index is 12.4. The Kier molecular flexibility index (Phi) is 4.85. The summed E-state index contributed by atoms with van der Waals surface area (Å²) in [5.41, 5.74) is -1.14. The van der Waals surface area contributed by atoms with Gasteiger partial charge in [0.1, 0.15) is 5.54 Å². The van der Waals surface area contributed by atoms with Crippen molar-refractivity contribution >= 4 is 17.8 Å². The third kappa shape index (κ3) is 3.54. The van der Waals surface area contributed by atoms with Gasteiger partial charge in [-0.1, -0.05) is 25.7 Å². The van der Waals surface area contributed by atoms with Crippen LogP contribution in [0.1, 0.15) is 51.4 Å². The summed E-state index contributed by atoms with van der Waals surface area (Å²) in [7, 11) is 1.72. The molecule has 6 nitrogen and oxygen atoms in total. The Morgan fingerprint density at radius 1 is 1.24 bits per heavy atom. The molecule has 1 saturated carbocycles. The lowest BCUT2D eigenvalue weighted by Crippen LogP contribution is -2.56. The van der Waals surface area contributed by atoms with Crippen molar-refractivity contribution in [2.75, 3.05) is 13.6 Å². The molecule has 0 aromatic rings. The maximum absolute atomic E-state index is 12.4. The highest BCUT2D eigenvalue weighted by Crippen LogP contribution is 2.29. The molecule has 1 saturated heterocycles. The molecule has 0 aromatic heterocycles. The summed E-state index contributed by atoms with van der Waals surface area (Å²) in [6.45, 7) is 0.553. The molecule has 0 spiro atoms. The van der Waals surface area contributed by atoms with Crippen LogP contribution in [-0.4, -0.2) is 46.9 Å². The molecule has 0 aromatic carbocycles. The second-order valence-electron chi connectivity index (χ2n) is 6.30. The van der Waals surface area contributed by atoms with E-state index in [2.05, 4.69) is 5.32 Å². The summed E-state index contributed by atoms with van der Waals surface area (Å²) in [4.78, 5) is 37.4. The Bertz CT molecular complexity index is 427. The molecular formula is C15H24N2O4. The fraction of sp³-hybridized carbons (Fsp3) is 0.800. The minimum Gasteiger partial charge on any atom is -0.480 e. The van der Waals surface area contributed by atoms with Crippen LogP contribution in [0.4, 0.5) is 0 Å². The van der Waals surface area contributed by atoms with E-state index in [-0.39, 0.29) is 18.2 Å². The van der Waals surface area contributed by atoms with Crippen molar-refractivity contribution < 1.29 is 19.5 Å². The average molecular weight is 296 g/mol. The SMILES string of the molecule is CN1CCC(C(=O)NC2(C(=O)O)CCCCCC2)CC1=O. The Morgan fingerprint density at radius 2 is 1.86 bits per heavy atom. The number of carboxylic acid groups (broad SMARTS) is 1. The van der Waals surface area contributed by atoms with Gasteiger partial charge in [-0.3, -0.25) is 9.59 Å². The van der Waals surface area contributed by atoms with Crippen molar-refractivity contribution in [2.45, 2.75) is 56.9 Å². The lowest BCUT2D eigenvalue weighted by atomic mass is 9.88. The molecular weight excluding hydrogens is 272 g/mol. The lowest BCUT2D eigenvalue weighted by molar-refractivity contribution is -0.150. The van der Waals surface area contributed by atoms with Crippen LogP contribution in [0.3, 0.4) is 0 Å². The van der Waals surface area contributed by atoms with Crippen LogP contribution in [0.2, 0.25) is 0 Å². The van der Waals surface area contributed by atoms with Gasteiger partial charge in [0.2, 0.25) is 11.8 Å². The summed E-state index contributed by atoms with van der Waals surface area (Å²) in [6.07, 6.45) is 5.40. The molecule has 21 heavy (non-hydrogen) atoms. The van der Waals surface area contributed by atoms with E-state index in [9.17, 15) is 19.5 Å². The van der Waals surface area contributed by atoms with E-state index < -0.39 is 17.4 Å². The summed E-state index contributed by atoms with van der Waals surface area (Å²) < 4.78 is 0. The first kappa shape index (κ1) is 15.8. The van der Waals surface area contributed by atoms with Gasteiger partial charge in [-0.2, -0.15) is 0 Å². The van der Waals surface area contributed by atoms with E-state index in [0.29, 0.717) is 25.8 Å². The van der Waals surface area contributed by atoms with E-state index in [1.807, 2.05) is 0 Å². The van der Waals surface area contributed by atoms with E-state index in [1.54, 1.807) is 11.9 Å². The summed E-state index contributed by atoms with van der Waals surface area (Å²) in [6, 6.07) is 0. The number of carbonyl (C=O) groups excluding carboxylic acids is 2. The van der Waals surface area contributed by atoms with Crippen molar-refractivity contribution in [3.63, 3.8) is 0 Å². The number of hydrogen-bond donors (Lipinski definition) is 2. The molecule has 1 aliphatic heterocycles. The van der Waals surface area contributed by atoms with E-state index in [0.717, 1.165) is 25.7 Å². The average Bonchev–Trinajstić information content (AvgIpc) is 2.68. The second kappa shape index (κ2) is 6.45. The number of aliphatic carboxylic acids is 1. The molecule has 1 aliphatic carbocycles. The minimum absolute atomic E-state index is 0.0494. The van der Waals surface area contributed by atoms with Gasteiger partial charge in [0, 0.05) is 25.9 Å². The number of carboxylic acids is 1. The number of carbonyl (C=O) groups is 3. The maximum Gasteiger partial charge on any atom is 0.329 e. The highest BCUT2D eigenvalue weighted by atomic mass is 16.4. The zero-order chi connectivity index (χ0) is 15.5. The number of rotatable bonds is 3. The molecule has 2 aliphatic rings. The standard InChI is InChI=1S/C15H24N2O4/c1-17-9-6-11(10-12(17)18)13(19)16-15(14(20)21)7-4-2-3-5-8-15/h11H,2-10H2,1H3,(H,16,19)(H,20,21). The zero-order valence-electron chi connectivity index (χ0n) is 12.6. The first-order chi connectivity index (χ1) is 9.94. The van der Waals surface area contributed by atoms with Crippen LogP contribution in [0.25, 0.3) is 0 Å². The molecule has 118 valence electrons. The van der Waals surface area contributed by atoms with Crippen molar-refractivity contribution in [1.82, 2.24) is 10.2 Å². The van der Waals surface area contributed by atoms with Crippen LogP contribution >= 0.6 is 0 Å². The Labute approximate surface area is 124 Å². The molecule has 0 bridgehead atoms. The zero-order valence-corrected chi connectivity index (χ0v) is 12.6. The van der Waals surface area contributed by atoms with Crippen LogP contribution in [0.5, 0.6) is 0 Å². The molecule has 1 atom stereocenters. The van der Waals surface area contributed by atoms with E-state index >= 15 is 0 Å². The predicted octanol–water partition coefficient (Wildman–Crippen LogP) is 1.15. The lowest BCUT2D eigenvalue weighted by Gasteiger charge is -2.33. The number of amides is 2. The number of likely N-dealkylation sites (tertiary alicyclic amines) is 1. The predicted molar refractivity (Wildman–Crippen MR) is 76.6 cm³/mol. The van der Waals surface area contributed by atoms with Crippen molar-refractivity contribution in [3.8, 4) is 0 Å². The fourth-order valence-corrected chi connectivity index (χ4v) is 3.23. The molecule has 2 rings (SSSR count). The third-order valence-electron chi connectivity index (χ3n) is 4.76. The van der Waals surface area contributed by atoms with Gasteiger partial charge >= 0.3 is 5.97 Å². The van der Waals surface area contributed by atoms with Crippen LogP contribution in [0.15, 0.2) is 0 Å². The molecule has 2 amide bonds. The monoisotopic (exact) mass is 296 g/mol. The summed E-state index contributed by atoms with van der Waals surface area (Å²) in [5.74, 6) is -1.67. The molecule has 0 radical (unpaired) electrons. The quantitative estimate of drug-likeness (QED) is 0.765. The first-order valence-corrected chi connectivity index (χ1v) is 7.74. The minimum atomic E-state index is -1.14. The smallest absolute Gasteiger partial charge is 0.329 e. The van der Waals surface area contributed by atoms with Gasteiger partial charge in [-0.15, -0.1) is 0 Å². The van der Waals surface area contributed by atoms with Crippen molar-refractivity contribution in [2.24, 2.45) is 5.92 Å². The fourth-order valence-electron chi connectivity index (χ4n) is 3.23. The topological polar surface area (TPSA) is 86.7 Å². The molecule has 2 fully saturated rings. The number of nitrogens with zero attached hydrogens (tertiary/aromatic N) is 1. The van der Waals surface area contributed by atoms with Crippen LogP contribution in [0, 0.1) is 5.92 Å². The van der Waals surface area contributed by atoms with E-state index in [4.69, 9.17) is 0 Å². The third-order valence-corrected chi connectivity index (χ3v) is 4.76. The summed E-state index contributed by atoms with van der Waals surface area (Å²) >= 11 is 0. The van der Waals surface area contributed by atoms with Gasteiger partial charge in [0.25, 0.3) is 0 Å². The van der Waals surface area contributed by atoms with Crippen molar-refractivity contribution in [1.29, 1.82) is 0 Å². The molecule has 2 N–H and O–H groups in total. The van der Waals surface area contributed by atoms with Crippen LogP contribution in [-0.2, 0) is 14.4 Å². The largest absolute Gasteiger partial charge is 0.480 e. The Hall–Kier alpha value is -1.59. The Balaban J connectivity index is 2.04. The van der Waals surface area contributed by atoms with Gasteiger partial charge in [-0.25, -0.2) is 4.79 Å². The highest BCUT2D eigenvalue weighted by Gasteiger charge is 2.42. The second-order valence-corrected chi connectivity index (χ2v) is 6.30. The number of piperidine rings is 1. The first-order valence-electron chi connectivity index (χ1n) is 7.74. The highest BCUT2D eigenvalue weighted by molar-refractivity contribution is 5.91. The van der Waals surface area contributed by atoms with Gasteiger partial charge in [0.05, 0.1) is 0 Å². The number of nitrogens with one attached hydrogen (secondary N) is 1. The Morgan fingerprint density at radius 3 is 2.38 bits per heavy atom. The van der Waals surface area contributed by atoms with Gasteiger partial charge in [0.15, 0.2) is 0 Å². The molecule has 1 heterocycles. The molecule has 1 unspecified atom stereocenters. The van der Waals surface area contributed by atoms with Gasteiger partial charge < -0.3 is 15.3 Å². The van der Waals surface area contributed by atoms with Crippen LogP contribution < -0.4 is 5.32 Å². The molecule has 6 heteroatoms. The van der Waals surface area contributed by atoms with E-state index in [1.165, 1.54) is 0 Å². The van der Waals surface area contributed by atoms with Gasteiger partial charge in [-0.05, 0) is 19.3 Å². The number of hydrogen-bond acceptors (Lipinski definition) is 3. The van der Waals surface area contributed by atoms with Crippen molar-refractivity contribution in [3.05, 3.63) is 0 Å². The normalized spacial score (nSPS) is 26.0. The summed E-state index contributed by atoms with van der Waals surface area (Å²) in [5, 5.41) is 12.3.